The number of aryl methyl sites for hydroxylation is 1. The van der Waals surface area contributed by atoms with Crippen molar-refractivity contribution in [3.05, 3.63) is 203 Å². The predicted molar refractivity (Wildman–Crippen MR) is 251 cm³/mol. The van der Waals surface area contributed by atoms with Gasteiger partial charge in [-0.15, -0.1) is 24.8 Å². The second-order valence-corrected chi connectivity index (χ2v) is 32.2. The Hall–Kier alpha value is -2.91. The second-order valence-electron chi connectivity index (χ2n) is 16.3. The molecular weight excluding hydrogens is 934 g/mol. The van der Waals surface area contributed by atoms with Crippen LogP contribution < -0.4 is 3.27 Å². The normalized spacial score (nSPS) is 13.7. The van der Waals surface area contributed by atoms with Gasteiger partial charge in [-0.25, -0.2) is 0 Å². The van der Waals surface area contributed by atoms with Crippen LogP contribution in [0, 0.1) is 12.8 Å². The topological polar surface area (TPSA) is 0 Å². The van der Waals surface area contributed by atoms with Crippen molar-refractivity contribution in [2.75, 3.05) is 0 Å². The van der Waals surface area contributed by atoms with Crippen LogP contribution in [0.2, 0.25) is 0 Å². The number of allylic oxidation sites excluding steroid dienone is 4. The fourth-order valence-corrected chi connectivity index (χ4v) is 27.7. The zero-order valence-electron chi connectivity index (χ0n) is 32.4. The Morgan fingerprint density at radius 2 is 1.30 bits per heavy atom. The molecule has 0 bridgehead atoms. The number of fused-ring (bicyclic) bond motifs is 3. The van der Waals surface area contributed by atoms with E-state index in [0.717, 1.165) is 36.5 Å². The number of hydrogen-bond acceptors (Lipinski definition) is 0. The Kier molecular flexibility index (Phi) is 13.4. The summed E-state index contributed by atoms with van der Waals surface area (Å²) in [5.41, 5.74) is 15.4. The molecular formula is C51H50Br2Cl2Zr. The number of benzene rings is 6. The monoisotopic (exact) mass is 980 g/mol. The Morgan fingerprint density at radius 1 is 0.679 bits per heavy atom. The molecule has 0 nitrogen and oxygen atoms in total. The van der Waals surface area contributed by atoms with E-state index in [0.29, 0.717) is 11.8 Å². The van der Waals surface area contributed by atoms with Crippen LogP contribution >= 0.6 is 56.7 Å². The van der Waals surface area contributed by atoms with Crippen LogP contribution in [-0.4, -0.2) is 4.21 Å². The first-order valence-electron chi connectivity index (χ1n) is 19.4. The molecule has 0 heterocycles. The zero-order valence-corrected chi connectivity index (χ0v) is 39.7. The van der Waals surface area contributed by atoms with Gasteiger partial charge >= 0.3 is 343 Å². The van der Waals surface area contributed by atoms with Gasteiger partial charge in [0, 0.05) is 0 Å². The van der Waals surface area contributed by atoms with E-state index in [1.807, 2.05) is 0 Å². The molecule has 0 saturated heterocycles. The van der Waals surface area contributed by atoms with Gasteiger partial charge in [-0.1, -0.05) is 0 Å². The number of rotatable bonds is 11. The molecule has 0 aromatic heterocycles. The number of halogens is 4. The van der Waals surface area contributed by atoms with E-state index in [1.165, 1.54) is 61.2 Å². The summed E-state index contributed by atoms with van der Waals surface area (Å²) < 4.78 is 13.3. The van der Waals surface area contributed by atoms with Crippen LogP contribution in [0.1, 0.15) is 65.1 Å². The van der Waals surface area contributed by atoms with Crippen LogP contribution in [0.25, 0.3) is 22.3 Å². The fraction of sp³-hybridized carbons (Fsp3) is 0.196. The molecule has 0 saturated carbocycles. The molecule has 1 unspecified atom stereocenters. The Bertz CT molecular complexity index is 2450. The van der Waals surface area contributed by atoms with Crippen molar-refractivity contribution < 1.29 is 18.3 Å². The van der Waals surface area contributed by atoms with Gasteiger partial charge in [-0.3, -0.25) is 0 Å². The molecule has 0 aliphatic heterocycles. The molecule has 6 aromatic carbocycles. The molecule has 56 heavy (non-hydrogen) atoms. The summed E-state index contributed by atoms with van der Waals surface area (Å²) in [5.74, 6) is 0.869. The van der Waals surface area contributed by atoms with E-state index in [4.69, 9.17) is 4.21 Å². The van der Waals surface area contributed by atoms with Crippen molar-refractivity contribution in [3.63, 3.8) is 0 Å². The van der Waals surface area contributed by atoms with Crippen molar-refractivity contribution in [3.8, 4) is 22.3 Å². The molecule has 0 amide bonds. The average molecular weight is 985 g/mol. The molecule has 0 radical (unpaired) electrons. The molecule has 0 N–H and O–H groups in total. The second kappa shape index (κ2) is 17.5. The summed E-state index contributed by atoms with van der Waals surface area (Å²) in [6.07, 6.45) is 10.1. The number of hydrogen-bond donors (Lipinski definition) is 0. The maximum absolute atomic E-state index is 5.88. The van der Waals surface area contributed by atoms with Crippen LogP contribution in [0.3, 0.4) is 0 Å². The van der Waals surface area contributed by atoms with Gasteiger partial charge in [0.05, 0.1) is 0 Å². The summed E-state index contributed by atoms with van der Waals surface area (Å²) >= 11 is 3.02. The van der Waals surface area contributed by atoms with E-state index < -0.39 is 18.3 Å². The van der Waals surface area contributed by atoms with Gasteiger partial charge in [0.25, 0.3) is 0 Å². The van der Waals surface area contributed by atoms with Crippen LogP contribution in [0.15, 0.2) is 164 Å². The first kappa shape index (κ1) is 42.7. The van der Waals surface area contributed by atoms with Crippen LogP contribution in [0.4, 0.5) is 0 Å². The first-order chi connectivity index (χ1) is 26.1. The molecule has 6 aromatic rings. The van der Waals surface area contributed by atoms with Crippen LogP contribution in [0.5, 0.6) is 0 Å². The Balaban J connectivity index is 0.00000266. The molecule has 0 fully saturated rings. The predicted octanol–water partition coefficient (Wildman–Crippen LogP) is 14.6. The van der Waals surface area contributed by atoms with E-state index in [1.54, 1.807) is 6.55 Å². The van der Waals surface area contributed by atoms with Crippen molar-refractivity contribution in [1.82, 2.24) is 0 Å². The first-order valence-corrected chi connectivity index (χ1v) is 28.6. The van der Waals surface area contributed by atoms with Crippen molar-refractivity contribution >= 4 is 64.2 Å². The SMILES string of the molecule is Cl.Cl.[CH2]=[Zr]([CH2]c1cccc(Br)c1)([CH2]c1cccc(Br)c1)([C]1=CC=CC1)[c]1c(CC(c2ccccc2)C(C)C)ccc2c1Cc1cc(-c3ccccc3)c(C)cc1-2. The standard InChI is InChI=1S/C31H29.2C7H6Br.C5H5.CH2.2ClH.Zr/c1-21(2)29(24-10-6-4-7-11-24)18-23-14-15-28-26(17-23)19-27-20-30(22(3)16-31(27)28)25-12-8-5-9-13-25;2*1-6-3-2-4-7(8)5-6;1-2-4-5-3-1;;;;/h4-16,20-21,29H,18-19H2,1-3H3;2*2-5H,1H2;1-3H,4H2;1H2;2*1H;. The van der Waals surface area contributed by atoms with E-state index >= 15 is 0 Å². The van der Waals surface area contributed by atoms with Gasteiger partial charge < -0.3 is 0 Å². The van der Waals surface area contributed by atoms with E-state index in [9.17, 15) is 0 Å². The molecule has 8 rings (SSSR count). The molecule has 1 atom stereocenters. The summed E-state index contributed by atoms with van der Waals surface area (Å²) in [7, 11) is 0. The van der Waals surface area contributed by atoms with Crippen LogP contribution in [-0.2, 0) is 39.4 Å². The summed E-state index contributed by atoms with van der Waals surface area (Å²) in [6.45, 7) is 7.08. The molecule has 5 heteroatoms. The van der Waals surface area contributed by atoms with Gasteiger partial charge in [0.15, 0.2) is 0 Å². The molecule has 0 spiro atoms. The Labute approximate surface area is 364 Å². The molecule has 286 valence electrons. The minimum atomic E-state index is -4.71. The summed E-state index contributed by atoms with van der Waals surface area (Å²) in [4.78, 5) is 0. The fourth-order valence-electron chi connectivity index (χ4n) is 9.90. The maximum atomic E-state index is 5.88. The molecule has 2 aliphatic carbocycles. The van der Waals surface area contributed by atoms with Gasteiger partial charge in [-0.2, -0.15) is 0 Å². The van der Waals surface area contributed by atoms with Crippen molar-refractivity contribution in [2.45, 2.75) is 54.2 Å². The van der Waals surface area contributed by atoms with Crippen molar-refractivity contribution in [2.24, 2.45) is 5.92 Å². The van der Waals surface area contributed by atoms with E-state index in [2.05, 4.69) is 204 Å². The van der Waals surface area contributed by atoms with Gasteiger partial charge in [-0.05, 0) is 0 Å². The molecule has 2 aliphatic rings. The van der Waals surface area contributed by atoms with Gasteiger partial charge in [0.1, 0.15) is 0 Å². The third-order valence-electron chi connectivity index (χ3n) is 12.4. The summed E-state index contributed by atoms with van der Waals surface area (Å²) in [6, 6.07) is 50.3. The third-order valence-corrected chi connectivity index (χ3v) is 29.4. The third kappa shape index (κ3) is 8.19. The van der Waals surface area contributed by atoms with E-state index in [-0.39, 0.29) is 24.8 Å². The average Bonchev–Trinajstić information content (AvgIpc) is 3.84. The zero-order chi connectivity index (χ0) is 37.5. The Morgan fingerprint density at radius 3 is 1.88 bits per heavy atom. The minimum absolute atomic E-state index is 0. The van der Waals surface area contributed by atoms with Crippen molar-refractivity contribution in [1.29, 1.82) is 0 Å². The van der Waals surface area contributed by atoms with Gasteiger partial charge in [0.2, 0.25) is 0 Å². The summed E-state index contributed by atoms with van der Waals surface area (Å²) in [5, 5.41) is 0. The quantitative estimate of drug-likeness (QED) is 0.121.